The van der Waals surface area contributed by atoms with Crippen LogP contribution in [0.15, 0.2) is 12.3 Å². The van der Waals surface area contributed by atoms with Gasteiger partial charge in [0.2, 0.25) is 5.88 Å². The van der Waals surface area contributed by atoms with Crippen molar-refractivity contribution in [2.75, 3.05) is 20.3 Å². The summed E-state index contributed by atoms with van der Waals surface area (Å²) < 4.78 is 10.1. The quantitative estimate of drug-likeness (QED) is 0.736. The molecule has 0 radical (unpaired) electrons. The predicted octanol–water partition coefficient (Wildman–Crippen LogP) is -0.136. The average molecular weight is 253 g/mol. The van der Waals surface area contributed by atoms with E-state index in [1.54, 1.807) is 12.3 Å². The molecule has 98 valence electrons. The van der Waals surface area contributed by atoms with Gasteiger partial charge in [-0.1, -0.05) is 0 Å². The van der Waals surface area contributed by atoms with E-state index in [-0.39, 0.29) is 18.4 Å². The van der Waals surface area contributed by atoms with Crippen molar-refractivity contribution in [1.82, 2.24) is 15.4 Å². The summed E-state index contributed by atoms with van der Waals surface area (Å²) in [7, 11) is 1.51. The topological polar surface area (TPSA) is 82.6 Å². The van der Waals surface area contributed by atoms with E-state index in [1.165, 1.54) is 7.11 Å². The lowest BCUT2D eigenvalue weighted by atomic mass is 10.3. The molecule has 0 bridgehead atoms. The molecule has 1 aliphatic rings. The van der Waals surface area contributed by atoms with Crippen LogP contribution in [0.3, 0.4) is 0 Å². The minimum Gasteiger partial charge on any atom is -0.481 e. The van der Waals surface area contributed by atoms with Crippen LogP contribution in [0.25, 0.3) is 0 Å². The first-order valence-electron chi connectivity index (χ1n) is 5.66. The van der Waals surface area contributed by atoms with E-state index in [0.717, 1.165) is 6.42 Å². The Labute approximate surface area is 104 Å². The van der Waals surface area contributed by atoms with Gasteiger partial charge in [0.1, 0.15) is 11.9 Å². The summed E-state index contributed by atoms with van der Waals surface area (Å²) in [5.41, 5.74) is 2.37. The van der Waals surface area contributed by atoms with E-state index in [9.17, 15) is 4.79 Å². The highest BCUT2D eigenvalue weighted by Gasteiger charge is 2.17. The Balaban J connectivity index is 1.78. The number of carbonyl (C=O) groups is 1. The largest absolute Gasteiger partial charge is 0.481 e. The predicted molar refractivity (Wildman–Crippen MR) is 60.7 cm³/mol. The van der Waals surface area contributed by atoms with Crippen molar-refractivity contribution in [2.45, 2.75) is 18.9 Å². The molecule has 7 heteroatoms. The first kappa shape index (κ1) is 12.7. The third kappa shape index (κ3) is 3.64. The maximum atomic E-state index is 11.6. The summed E-state index contributed by atoms with van der Waals surface area (Å²) in [6.45, 7) is 1.18. The van der Waals surface area contributed by atoms with Crippen molar-refractivity contribution in [3.05, 3.63) is 18.1 Å². The molecule has 1 N–H and O–H groups in total. The number of methoxy groups -OCH3 is 1. The molecule has 1 atom stereocenters. The number of hydrogen-bond acceptors (Lipinski definition) is 6. The Morgan fingerprint density at radius 2 is 2.56 bits per heavy atom. The molecule has 1 aliphatic heterocycles. The molecule has 1 aromatic heterocycles. The number of rotatable bonds is 5. The van der Waals surface area contributed by atoms with Crippen LogP contribution >= 0.6 is 0 Å². The maximum absolute atomic E-state index is 11.6. The summed E-state index contributed by atoms with van der Waals surface area (Å²) in [6, 6.07) is 1.62. The van der Waals surface area contributed by atoms with Crippen LogP contribution in [-0.2, 0) is 20.8 Å². The molecular formula is C11H15N3O4. The van der Waals surface area contributed by atoms with Gasteiger partial charge in [-0.2, -0.15) is 4.98 Å². The molecule has 0 aliphatic carbocycles. The zero-order chi connectivity index (χ0) is 12.8. The fourth-order valence-electron chi connectivity index (χ4n) is 1.51. The zero-order valence-corrected chi connectivity index (χ0v) is 10.1. The van der Waals surface area contributed by atoms with Gasteiger partial charge in [0.05, 0.1) is 20.1 Å². The fourth-order valence-corrected chi connectivity index (χ4v) is 1.51. The van der Waals surface area contributed by atoms with Crippen molar-refractivity contribution in [3.8, 4) is 5.88 Å². The standard InChI is InChI=1S/C11H15N3O4/c1-16-11-2-4-12-9(13-11)6-10(15)14-18-8-3-5-17-7-8/h2,4,8H,3,5-7H2,1H3,(H,14,15). The van der Waals surface area contributed by atoms with Crippen molar-refractivity contribution >= 4 is 5.91 Å². The third-order valence-corrected chi connectivity index (χ3v) is 2.44. The molecule has 2 rings (SSSR count). The average Bonchev–Trinajstić information content (AvgIpc) is 2.90. The second-order valence-electron chi connectivity index (χ2n) is 3.82. The van der Waals surface area contributed by atoms with E-state index in [2.05, 4.69) is 15.4 Å². The van der Waals surface area contributed by atoms with E-state index in [1.807, 2.05) is 0 Å². The fraction of sp³-hybridized carbons (Fsp3) is 0.545. The molecule has 7 nitrogen and oxygen atoms in total. The number of hydrogen-bond donors (Lipinski definition) is 1. The normalized spacial score (nSPS) is 18.6. The number of carbonyl (C=O) groups excluding carboxylic acids is 1. The highest BCUT2D eigenvalue weighted by Crippen LogP contribution is 2.07. The molecule has 2 heterocycles. The Morgan fingerprint density at radius 1 is 1.67 bits per heavy atom. The number of ether oxygens (including phenoxy) is 2. The van der Waals surface area contributed by atoms with Crippen molar-refractivity contribution in [2.24, 2.45) is 0 Å². The van der Waals surface area contributed by atoms with Crippen LogP contribution in [0.2, 0.25) is 0 Å². The minimum atomic E-state index is -0.296. The molecule has 1 amide bonds. The van der Waals surface area contributed by atoms with Crippen LogP contribution < -0.4 is 10.2 Å². The third-order valence-electron chi connectivity index (χ3n) is 2.44. The van der Waals surface area contributed by atoms with Crippen LogP contribution in [0.4, 0.5) is 0 Å². The molecule has 1 aromatic rings. The first-order valence-corrected chi connectivity index (χ1v) is 5.66. The lowest BCUT2D eigenvalue weighted by Gasteiger charge is -2.09. The van der Waals surface area contributed by atoms with Crippen LogP contribution in [0, 0.1) is 0 Å². The first-order chi connectivity index (χ1) is 8.78. The molecule has 0 aromatic carbocycles. The van der Waals surface area contributed by atoms with Crippen molar-refractivity contribution in [3.63, 3.8) is 0 Å². The van der Waals surface area contributed by atoms with Crippen LogP contribution in [0.5, 0.6) is 5.88 Å². The Bertz CT molecular complexity index is 407. The van der Waals surface area contributed by atoms with E-state index in [4.69, 9.17) is 14.3 Å². The van der Waals surface area contributed by atoms with Gasteiger partial charge in [0.15, 0.2) is 0 Å². The van der Waals surface area contributed by atoms with Crippen molar-refractivity contribution in [1.29, 1.82) is 0 Å². The molecule has 0 saturated carbocycles. The van der Waals surface area contributed by atoms with Crippen LogP contribution in [-0.4, -0.2) is 42.3 Å². The molecule has 18 heavy (non-hydrogen) atoms. The summed E-state index contributed by atoms with van der Waals surface area (Å²) in [4.78, 5) is 24.8. The number of nitrogens with zero attached hydrogens (tertiary/aromatic N) is 2. The van der Waals surface area contributed by atoms with E-state index in [0.29, 0.717) is 24.9 Å². The summed E-state index contributed by atoms with van der Waals surface area (Å²) in [5.74, 6) is 0.520. The Kier molecular flexibility index (Phi) is 4.43. The van der Waals surface area contributed by atoms with Gasteiger partial charge in [-0.3, -0.25) is 9.63 Å². The highest BCUT2D eigenvalue weighted by molar-refractivity contribution is 5.76. The minimum absolute atomic E-state index is 0.0464. The summed E-state index contributed by atoms with van der Waals surface area (Å²) >= 11 is 0. The number of hydroxylamine groups is 1. The van der Waals surface area contributed by atoms with Gasteiger partial charge in [-0.05, 0) is 0 Å². The molecule has 1 unspecified atom stereocenters. The van der Waals surface area contributed by atoms with Crippen molar-refractivity contribution < 1.29 is 19.1 Å². The lowest BCUT2D eigenvalue weighted by Crippen LogP contribution is -2.31. The number of nitrogens with one attached hydrogen (secondary N) is 1. The molecule has 1 saturated heterocycles. The number of amides is 1. The van der Waals surface area contributed by atoms with E-state index >= 15 is 0 Å². The molecule has 0 spiro atoms. The van der Waals surface area contributed by atoms with Gasteiger partial charge in [-0.15, -0.1) is 0 Å². The zero-order valence-electron chi connectivity index (χ0n) is 10.1. The Morgan fingerprint density at radius 3 is 3.28 bits per heavy atom. The van der Waals surface area contributed by atoms with Gasteiger partial charge in [0.25, 0.3) is 5.91 Å². The SMILES string of the molecule is COc1ccnc(CC(=O)NOC2CCOC2)n1. The lowest BCUT2D eigenvalue weighted by molar-refractivity contribution is -0.137. The summed E-state index contributed by atoms with van der Waals surface area (Å²) in [5, 5.41) is 0. The van der Waals surface area contributed by atoms with E-state index < -0.39 is 0 Å². The second kappa shape index (κ2) is 6.27. The maximum Gasteiger partial charge on any atom is 0.251 e. The Hall–Kier alpha value is -1.73. The number of aromatic nitrogens is 2. The molecule has 1 fully saturated rings. The summed E-state index contributed by atoms with van der Waals surface area (Å²) in [6.07, 6.45) is 2.31. The highest BCUT2D eigenvalue weighted by atomic mass is 16.7. The molecular weight excluding hydrogens is 238 g/mol. The van der Waals surface area contributed by atoms with Gasteiger partial charge < -0.3 is 9.47 Å². The second-order valence-corrected chi connectivity index (χ2v) is 3.82. The van der Waals surface area contributed by atoms with Crippen LogP contribution in [0.1, 0.15) is 12.2 Å². The van der Waals surface area contributed by atoms with Gasteiger partial charge in [0, 0.05) is 25.3 Å². The monoisotopic (exact) mass is 253 g/mol. The van der Waals surface area contributed by atoms with Gasteiger partial charge >= 0.3 is 0 Å². The van der Waals surface area contributed by atoms with Gasteiger partial charge in [-0.25, -0.2) is 10.5 Å². The smallest absolute Gasteiger partial charge is 0.251 e.